The average molecular weight is 274 g/mol. The molecule has 2 aliphatic rings. The number of unbranched alkanes of at least 4 members (excludes halogenated alkanes) is 1. The summed E-state index contributed by atoms with van der Waals surface area (Å²) in [7, 11) is -2.84. The van der Waals surface area contributed by atoms with Gasteiger partial charge >= 0.3 is 0 Å². The lowest BCUT2D eigenvalue weighted by Gasteiger charge is -2.35. The van der Waals surface area contributed by atoms with Gasteiger partial charge in [0.1, 0.15) is 0 Å². The fourth-order valence-corrected chi connectivity index (χ4v) is 5.08. The molecule has 0 aromatic rings. The third-order valence-corrected chi connectivity index (χ3v) is 5.84. The summed E-state index contributed by atoms with van der Waals surface area (Å²) in [4.78, 5) is 2.40. The van der Waals surface area contributed by atoms with Gasteiger partial charge in [0.25, 0.3) is 0 Å². The number of hydrogen-bond donors (Lipinski definition) is 1. The summed E-state index contributed by atoms with van der Waals surface area (Å²) in [5.41, 5.74) is 0. The molecule has 0 aliphatic carbocycles. The van der Waals surface area contributed by atoms with E-state index in [9.17, 15) is 8.42 Å². The van der Waals surface area contributed by atoms with Crippen molar-refractivity contribution < 1.29 is 8.42 Å². The Morgan fingerprint density at radius 1 is 1.17 bits per heavy atom. The maximum absolute atomic E-state index is 11.9. The molecule has 0 spiro atoms. The molecule has 2 atom stereocenters. The number of sulfone groups is 1. The molecule has 1 N–H and O–H groups in total. The Hall–Kier alpha value is -0.130. The van der Waals surface area contributed by atoms with Crippen LogP contribution >= 0.6 is 0 Å². The lowest BCUT2D eigenvalue weighted by Crippen LogP contribution is -2.51. The molecule has 5 heteroatoms. The van der Waals surface area contributed by atoms with Crippen LogP contribution in [0.2, 0.25) is 0 Å². The third kappa shape index (κ3) is 3.68. The summed E-state index contributed by atoms with van der Waals surface area (Å²) in [5.74, 6) is 0.689. The van der Waals surface area contributed by atoms with Crippen molar-refractivity contribution in [2.24, 2.45) is 0 Å². The van der Waals surface area contributed by atoms with Crippen molar-refractivity contribution in [2.45, 2.75) is 51.1 Å². The summed E-state index contributed by atoms with van der Waals surface area (Å²) in [6.07, 6.45) is 6.02. The zero-order valence-corrected chi connectivity index (χ0v) is 12.2. The third-order valence-electron chi connectivity index (χ3n) is 4.12. The van der Waals surface area contributed by atoms with E-state index in [1.54, 1.807) is 0 Å². The Kier molecular flexibility index (Phi) is 5.04. The number of nitrogens with one attached hydrogen (secondary N) is 1. The molecule has 0 aromatic carbocycles. The molecule has 0 unspecified atom stereocenters. The first kappa shape index (κ1) is 14.3. The molecule has 0 aromatic heterocycles. The monoisotopic (exact) mass is 274 g/mol. The molecular weight excluding hydrogens is 248 g/mol. The van der Waals surface area contributed by atoms with Crippen LogP contribution in [0.15, 0.2) is 0 Å². The largest absolute Gasteiger partial charge is 0.311 e. The van der Waals surface area contributed by atoms with E-state index in [2.05, 4.69) is 17.1 Å². The fraction of sp³-hybridized carbons (Fsp3) is 1.00. The van der Waals surface area contributed by atoms with Crippen molar-refractivity contribution in [2.75, 3.05) is 31.1 Å². The molecule has 0 radical (unpaired) electrons. The van der Waals surface area contributed by atoms with E-state index in [0.717, 1.165) is 32.5 Å². The van der Waals surface area contributed by atoms with Crippen LogP contribution in [-0.2, 0) is 9.84 Å². The van der Waals surface area contributed by atoms with E-state index in [-0.39, 0.29) is 12.1 Å². The second kappa shape index (κ2) is 6.35. The highest BCUT2D eigenvalue weighted by atomic mass is 32.2. The summed E-state index contributed by atoms with van der Waals surface area (Å²) in [5, 5.41) is 3.46. The van der Waals surface area contributed by atoms with Crippen molar-refractivity contribution >= 4 is 9.84 Å². The number of rotatable bonds is 5. The van der Waals surface area contributed by atoms with E-state index in [1.165, 1.54) is 19.3 Å². The van der Waals surface area contributed by atoms with Gasteiger partial charge < -0.3 is 5.32 Å². The van der Waals surface area contributed by atoms with Gasteiger partial charge in [0.2, 0.25) is 0 Å². The summed E-state index contributed by atoms with van der Waals surface area (Å²) >= 11 is 0. The number of hydrogen-bond acceptors (Lipinski definition) is 4. The summed E-state index contributed by atoms with van der Waals surface area (Å²) in [6.45, 7) is 5.26. The first-order valence-electron chi connectivity index (χ1n) is 7.30. The van der Waals surface area contributed by atoms with E-state index < -0.39 is 9.84 Å². The first-order chi connectivity index (χ1) is 8.62. The zero-order valence-electron chi connectivity index (χ0n) is 11.4. The lowest BCUT2D eigenvalue weighted by atomic mass is 10.0. The fourth-order valence-electron chi connectivity index (χ4n) is 3.10. The highest BCUT2D eigenvalue weighted by molar-refractivity contribution is 7.91. The quantitative estimate of drug-likeness (QED) is 0.761. The standard InChI is InChI=1S/C13H26N2O2S/c1-2-3-7-14-12-10-18(16,17)11-13(12)15-8-5-4-6-9-15/h12-14H,2-11H2,1H3/t12-,13-/m0/s1. The molecule has 4 nitrogen and oxygen atoms in total. The predicted molar refractivity (Wildman–Crippen MR) is 74.6 cm³/mol. The molecular formula is C13H26N2O2S. The van der Waals surface area contributed by atoms with Crippen LogP contribution in [0.4, 0.5) is 0 Å². The normalized spacial score (nSPS) is 32.7. The van der Waals surface area contributed by atoms with Crippen LogP contribution in [0.5, 0.6) is 0 Å². The minimum Gasteiger partial charge on any atom is -0.311 e. The topological polar surface area (TPSA) is 49.4 Å². The van der Waals surface area contributed by atoms with Crippen LogP contribution in [0.25, 0.3) is 0 Å². The van der Waals surface area contributed by atoms with Gasteiger partial charge in [-0.1, -0.05) is 19.8 Å². The Morgan fingerprint density at radius 2 is 1.89 bits per heavy atom. The maximum atomic E-state index is 11.9. The molecule has 106 valence electrons. The van der Waals surface area contributed by atoms with Crippen LogP contribution in [0.3, 0.4) is 0 Å². The number of piperidine rings is 1. The van der Waals surface area contributed by atoms with Crippen LogP contribution in [0, 0.1) is 0 Å². The highest BCUT2D eigenvalue weighted by Gasteiger charge is 2.40. The Morgan fingerprint density at radius 3 is 2.56 bits per heavy atom. The average Bonchev–Trinajstić information content (AvgIpc) is 2.66. The molecule has 2 fully saturated rings. The van der Waals surface area contributed by atoms with Crippen LogP contribution in [-0.4, -0.2) is 56.5 Å². The molecule has 18 heavy (non-hydrogen) atoms. The molecule has 2 aliphatic heterocycles. The second-order valence-corrected chi connectivity index (χ2v) is 7.81. The second-order valence-electron chi connectivity index (χ2n) is 5.66. The highest BCUT2D eigenvalue weighted by Crippen LogP contribution is 2.22. The molecule has 0 saturated carbocycles. The van der Waals surface area contributed by atoms with Gasteiger partial charge in [-0.3, -0.25) is 4.90 Å². The number of nitrogens with zero attached hydrogens (tertiary/aromatic N) is 1. The Bertz CT molecular complexity index is 350. The molecule has 0 amide bonds. The van der Waals surface area contributed by atoms with E-state index in [1.807, 2.05) is 0 Å². The molecule has 2 heterocycles. The van der Waals surface area contributed by atoms with Gasteiger partial charge in [0, 0.05) is 12.1 Å². The van der Waals surface area contributed by atoms with Crippen LogP contribution in [0.1, 0.15) is 39.0 Å². The molecule has 2 rings (SSSR count). The minimum atomic E-state index is -2.84. The van der Waals surface area contributed by atoms with Gasteiger partial charge in [0.15, 0.2) is 9.84 Å². The number of likely N-dealkylation sites (tertiary alicyclic amines) is 1. The van der Waals surface area contributed by atoms with Crippen molar-refractivity contribution in [1.29, 1.82) is 0 Å². The smallest absolute Gasteiger partial charge is 0.153 e. The van der Waals surface area contributed by atoms with Crippen molar-refractivity contribution in [3.05, 3.63) is 0 Å². The van der Waals surface area contributed by atoms with Crippen molar-refractivity contribution in [3.8, 4) is 0 Å². The van der Waals surface area contributed by atoms with E-state index in [0.29, 0.717) is 11.5 Å². The Labute approximate surface area is 111 Å². The SMILES string of the molecule is CCCCN[C@H]1CS(=O)(=O)C[C@@H]1N1CCCCC1. The minimum absolute atomic E-state index is 0.152. The molecule has 2 saturated heterocycles. The summed E-state index contributed by atoms with van der Waals surface area (Å²) in [6, 6.07) is 0.367. The van der Waals surface area contributed by atoms with Crippen molar-refractivity contribution in [1.82, 2.24) is 10.2 Å². The van der Waals surface area contributed by atoms with E-state index in [4.69, 9.17) is 0 Å². The zero-order chi connectivity index (χ0) is 13.0. The predicted octanol–water partition coefficient (Wildman–Crippen LogP) is 1.03. The van der Waals surface area contributed by atoms with Crippen LogP contribution < -0.4 is 5.32 Å². The molecule has 0 bridgehead atoms. The van der Waals surface area contributed by atoms with Gasteiger partial charge in [-0.2, -0.15) is 0 Å². The maximum Gasteiger partial charge on any atom is 0.153 e. The first-order valence-corrected chi connectivity index (χ1v) is 9.12. The van der Waals surface area contributed by atoms with Gasteiger partial charge in [-0.15, -0.1) is 0 Å². The van der Waals surface area contributed by atoms with Crippen molar-refractivity contribution in [3.63, 3.8) is 0 Å². The Balaban J connectivity index is 1.95. The lowest BCUT2D eigenvalue weighted by molar-refractivity contribution is 0.155. The van der Waals surface area contributed by atoms with Gasteiger partial charge in [-0.05, 0) is 38.9 Å². The van der Waals surface area contributed by atoms with Gasteiger partial charge in [-0.25, -0.2) is 8.42 Å². The van der Waals surface area contributed by atoms with Gasteiger partial charge in [0.05, 0.1) is 11.5 Å². The summed E-state index contributed by atoms with van der Waals surface area (Å²) < 4.78 is 23.7. The van der Waals surface area contributed by atoms with E-state index >= 15 is 0 Å².